The van der Waals surface area contributed by atoms with Gasteiger partial charge in [-0.1, -0.05) is 12.1 Å². The SMILES string of the molecule is CC(C)(C)OC(=O)N1CCC(NC(=O)c2cccc(OS(C)(=O)=O)c2)CC1.CS(=O)(=O)Oc1cccc(C(=O)O)c1. The number of hydrogen-bond acceptors (Lipinski definition) is 10. The highest BCUT2D eigenvalue weighted by molar-refractivity contribution is 7.86. The van der Waals surface area contributed by atoms with Crippen LogP contribution in [-0.2, 0) is 25.0 Å². The second-order valence-electron chi connectivity index (χ2n) is 10.2. The molecule has 15 heteroatoms. The molecule has 3 rings (SSSR count). The third kappa shape index (κ3) is 12.9. The van der Waals surface area contributed by atoms with Gasteiger partial charge in [-0.2, -0.15) is 16.8 Å². The number of nitrogens with one attached hydrogen (secondary N) is 1. The summed E-state index contributed by atoms with van der Waals surface area (Å²) in [5, 5.41) is 11.5. The van der Waals surface area contributed by atoms with Gasteiger partial charge in [-0.15, -0.1) is 0 Å². The Kier molecular flexibility index (Phi) is 11.1. The summed E-state index contributed by atoms with van der Waals surface area (Å²) in [7, 11) is -7.27. The smallest absolute Gasteiger partial charge is 0.410 e. The van der Waals surface area contributed by atoms with Gasteiger partial charge in [-0.3, -0.25) is 4.79 Å². The van der Waals surface area contributed by atoms with Gasteiger partial charge in [0.1, 0.15) is 17.1 Å². The number of piperidine rings is 1. The van der Waals surface area contributed by atoms with E-state index in [9.17, 15) is 31.2 Å². The maximum Gasteiger partial charge on any atom is 0.410 e. The van der Waals surface area contributed by atoms with Crippen LogP contribution >= 0.6 is 0 Å². The summed E-state index contributed by atoms with van der Waals surface area (Å²) in [6.07, 6.45) is 2.71. The van der Waals surface area contributed by atoms with Crippen molar-refractivity contribution in [2.45, 2.75) is 45.3 Å². The molecule has 0 unspecified atom stereocenters. The van der Waals surface area contributed by atoms with Gasteiger partial charge in [-0.05, 0) is 70.0 Å². The fourth-order valence-electron chi connectivity index (χ4n) is 3.52. The van der Waals surface area contributed by atoms with Gasteiger partial charge in [0.25, 0.3) is 5.91 Å². The average Bonchev–Trinajstić information content (AvgIpc) is 2.82. The van der Waals surface area contributed by atoms with E-state index in [4.69, 9.17) is 14.0 Å². The lowest BCUT2D eigenvalue weighted by Crippen LogP contribution is -2.47. The highest BCUT2D eigenvalue weighted by Gasteiger charge is 2.27. The largest absolute Gasteiger partial charge is 0.478 e. The molecule has 1 aliphatic rings. The van der Waals surface area contributed by atoms with Crippen molar-refractivity contribution in [3.63, 3.8) is 0 Å². The minimum atomic E-state index is -3.66. The van der Waals surface area contributed by atoms with Crippen LogP contribution in [-0.4, -0.2) is 82.1 Å². The number of rotatable bonds is 7. The molecule has 1 fully saturated rings. The van der Waals surface area contributed by atoms with Crippen LogP contribution in [0.25, 0.3) is 0 Å². The molecule has 2 aromatic carbocycles. The Balaban J connectivity index is 0.000000353. The first-order valence-electron chi connectivity index (χ1n) is 12.3. The van der Waals surface area contributed by atoms with Crippen molar-refractivity contribution in [3.05, 3.63) is 59.7 Å². The predicted molar refractivity (Wildman–Crippen MR) is 149 cm³/mol. The molecule has 2 N–H and O–H groups in total. The maximum absolute atomic E-state index is 12.4. The lowest BCUT2D eigenvalue weighted by atomic mass is 10.0. The van der Waals surface area contributed by atoms with Crippen molar-refractivity contribution in [1.29, 1.82) is 0 Å². The zero-order valence-electron chi connectivity index (χ0n) is 23.3. The van der Waals surface area contributed by atoms with Gasteiger partial charge < -0.3 is 28.4 Å². The quantitative estimate of drug-likeness (QED) is 0.437. The van der Waals surface area contributed by atoms with Crippen molar-refractivity contribution in [1.82, 2.24) is 10.2 Å². The molecular formula is C26H34N2O11S2. The van der Waals surface area contributed by atoms with E-state index in [2.05, 4.69) is 9.50 Å². The molecule has 13 nitrogen and oxygen atoms in total. The van der Waals surface area contributed by atoms with E-state index in [1.54, 1.807) is 17.0 Å². The van der Waals surface area contributed by atoms with E-state index in [0.717, 1.165) is 18.6 Å². The summed E-state index contributed by atoms with van der Waals surface area (Å²) >= 11 is 0. The van der Waals surface area contributed by atoms with Gasteiger partial charge in [0, 0.05) is 24.7 Å². The number of carbonyl (C=O) groups excluding carboxylic acids is 2. The molecule has 226 valence electrons. The van der Waals surface area contributed by atoms with E-state index in [1.807, 2.05) is 20.8 Å². The molecule has 0 saturated carbocycles. The average molecular weight is 615 g/mol. The van der Waals surface area contributed by atoms with Crippen LogP contribution in [0.15, 0.2) is 48.5 Å². The van der Waals surface area contributed by atoms with Crippen LogP contribution in [0.5, 0.6) is 11.5 Å². The Bertz CT molecular complexity index is 1460. The van der Waals surface area contributed by atoms with E-state index in [0.29, 0.717) is 31.5 Å². The summed E-state index contributed by atoms with van der Waals surface area (Å²) in [5.41, 5.74) is -0.252. The Morgan fingerprint density at radius 1 is 0.854 bits per heavy atom. The van der Waals surface area contributed by atoms with Crippen molar-refractivity contribution in [2.75, 3.05) is 25.6 Å². The number of amides is 2. The Labute approximate surface area is 239 Å². The molecule has 1 aliphatic heterocycles. The van der Waals surface area contributed by atoms with Gasteiger partial charge in [0.05, 0.1) is 18.1 Å². The molecule has 0 atom stereocenters. The van der Waals surface area contributed by atoms with Crippen molar-refractivity contribution >= 4 is 38.2 Å². The Morgan fingerprint density at radius 3 is 1.76 bits per heavy atom. The third-order valence-corrected chi connectivity index (χ3v) is 6.14. The van der Waals surface area contributed by atoms with E-state index >= 15 is 0 Å². The van der Waals surface area contributed by atoms with Crippen LogP contribution in [0.3, 0.4) is 0 Å². The molecule has 0 radical (unpaired) electrons. The standard InChI is InChI=1S/C18H26N2O6S.C8H8O5S/c1-18(2,3)25-17(22)20-10-8-14(9-11-20)19-16(21)13-6-5-7-15(12-13)26-27(4,23)24;1-14(11,12)13-7-4-2-3-6(5-7)8(9)10/h5-7,12,14H,8-11H2,1-4H3,(H,19,21);2-5H,1H3,(H,9,10). The number of carbonyl (C=O) groups is 3. The molecule has 1 heterocycles. The van der Waals surface area contributed by atoms with Gasteiger partial charge >= 0.3 is 32.3 Å². The van der Waals surface area contributed by atoms with Crippen LogP contribution in [0, 0.1) is 0 Å². The first kappa shape index (κ1) is 33.4. The lowest BCUT2D eigenvalue weighted by molar-refractivity contribution is 0.0199. The van der Waals surface area contributed by atoms with Gasteiger partial charge in [-0.25, -0.2) is 9.59 Å². The first-order chi connectivity index (χ1) is 18.8. The topological polar surface area (TPSA) is 183 Å². The number of aromatic carboxylic acids is 1. The van der Waals surface area contributed by atoms with Gasteiger partial charge in [0.2, 0.25) is 0 Å². The second kappa shape index (κ2) is 13.7. The second-order valence-corrected chi connectivity index (χ2v) is 13.3. The summed E-state index contributed by atoms with van der Waals surface area (Å²) in [6, 6.07) is 11.2. The fourth-order valence-corrected chi connectivity index (χ4v) is 4.43. The summed E-state index contributed by atoms with van der Waals surface area (Å²) < 4.78 is 58.5. The predicted octanol–water partition coefficient (Wildman–Crippen LogP) is 2.88. The molecular weight excluding hydrogens is 580 g/mol. The summed E-state index contributed by atoms with van der Waals surface area (Å²) in [5.74, 6) is -1.37. The minimum Gasteiger partial charge on any atom is -0.478 e. The minimum absolute atomic E-state index is 0.00704. The van der Waals surface area contributed by atoms with E-state index < -0.39 is 31.8 Å². The first-order valence-corrected chi connectivity index (χ1v) is 16.0. The molecule has 1 saturated heterocycles. The number of benzene rings is 2. The molecule has 0 spiro atoms. The normalized spacial score (nSPS) is 14.2. The number of carboxylic acid groups (broad SMARTS) is 1. The molecule has 2 amide bonds. The van der Waals surface area contributed by atoms with Crippen LogP contribution in [0.2, 0.25) is 0 Å². The number of hydrogen-bond donors (Lipinski definition) is 2. The van der Waals surface area contributed by atoms with Crippen molar-refractivity contribution < 1.29 is 49.4 Å². The lowest BCUT2D eigenvalue weighted by Gasteiger charge is -2.33. The number of ether oxygens (including phenoxy) is 1. The number of likely N-dealkylation sites (tertiary alicyclic amines) is 1. The zero-order valence-corrected chi connectivity index (χ0v) is 25.0. The fraction of sp³-hybridized carbons (Fsp3) is 0.423. The van der Waals surface area contributed by atoms with Crippen molar-refractivity contribution in [3.8, 4) is 11.5 Å². The van der Waals surface area contributed by atoms with E-state index in [-0.39, 0.29) is 35.1 Å². The molecule has 0 aliphatic carbocycles. The number of carboxylic acids is 1. The Morgan fingerprint density at radius 2 is 1.32 bits per heavy atom. The zero-order chi connectivity index (χ0) is 31.0. The summed E-state index contributed by atoms with van der Waals surface area (Å²) in [6.45, 7) is 6.45. The Hall–Kier alpha value is -3.85. The molecule has 0 aromatic heterocycles. The van der Waals surface area contributed by atoms with Crippen LogP contribution in [0.4, 0.5) is 4.79 Å². The molecule has 0 bridgehead atoms. The van der Waals surface area contributed by atoms with Crippen molar-refractivity contribution in [2.24, 2.45) is 0 Å². The van der Waals surface area contributed by atoms with Crippen LogP contribution < -0.4 is 13.7 Å². The summed E-state index contributed by atoms with van der Waals surface area (Å²) in [4.78, 5) is 36.6. The molecule has 41 heavy (non-hydrogen) atoms. The maximum atomic E-state index is 12.4. The van der Waals surface area contributed by atoms with E-state index in [1.165, 1.54) is 30.3 Å². The molecule has 2 aromatic rings. The van der Waals surface area contributed by atoms with Gasteiger partial charge in [0.15, 0.2) is 0 Å². The highest BCUT2D eigenvalue weighted by atomic mass is 32.2. The third-order valence-electron chi connectivity index (χ3n) is 5.15. The number of nitrogens with zero attached hydrogens (tertiary/aromatic N) is 1. The van der Waals surface area contributed by atoms with Crippen LogP contribution in [0.1, 0.15) is 54.3 Å². The highest BCUT2D eigenvalue weighted by Crippen LogP contribution is 2.18. The monoisotopic (exact) mass is 614 g/mol.